The van der Waals surface area contributed by atoms with Crippen molar-refractivity contribution in [3.8, 4) is 17.6 Å². The Balaban J connectivity index is 0.920. The van der Waals surface area contributed by atoms with Gasteiger partial charge in [-0.05, 0) is 105 Å². The minimum Gasteiger partial charge on any atom is -0.494 e. The highest BCUT2D eigenvalue weighted by atomic mass is 32.2. The number of hydrogen-bond donors (Lipinski definition) is 1. The largest absolute Gasteiger partial charge is 0.494 e. The molecule has 4 bridgehead atoms. The quantitative estimate of drug-likeness (QED) is 0.355. The van der Waals surface area contributed by atoms with Crippen LogP contribution in [-0.4, -0.2) is 78.9 Å². The highest BCUT2D eigenvalue weighted by molar-refractivity contribution is 7.90. The number of pyridine rings is 1. The first kappa shape index (κ1) is 32.1. The van der Waals surface area contributed by atoms with Crippen LogP contribution in [0.2, 0.25) is 0 Å². The van der Waals surface area contributed by atoms with Crippen molar-refractivity contribution in [2.75, 3.05) is 43.4 Å². The molecule has 0 radical (unpaired) electrons. The number of amides is 2. The van der Waals surface area contributed by atoms with Crippen molar-refractivity contribution in [1.29, 1.82) is 0 Å². The standard InChI is InChI=1S/C36H40N6O5S/c1-2-47-31-5-3-4-25(18-31)6-7-26-17-30(23-37-22-26)35(44)42-12-10-41(11-13-42)33-9-8-32(38-39-33)34(43)40-48(45,46)24-36-19-27-14-28(20-36)16-29(15-27)21-36/h3-5,8-9,17-18,22-23,27-29H,2,10-16,19-21,24H2,1H3,(H,40,43). The zero-order chi connectivity index (χ0) is 33.3. The Labute approximate surface area is 281 Å². The van der Waals surface area contributed by atoms with Crippen LogP contribution in [0.25, 0.3) is 0 Å². The Kier molecular flexibility index (Phi) is 8.81. The smallest absolute Gasteiger partial charge is 0.285 e. The molecule has 3 heterocycles. The molecule has 0 spiro atoms. The first-order chi connectivity index (χ1) is 23.2. The van der Waals surface area contributed by atoms with Crippen molar-refractivity contribution in [2.24, 2.45) is 23.2 Å². The van der Waals surface area contributed by atoms with Crippen LogP contribution in [0.4, 0.5) is 5.82 Å². The molecule has 0 unspecified atom stereocenters. The summed E-state index contributed by atoms with van der Waals surface area (Å²) >= 11 is 0. The van der Waals surface area contributed by atoms with Crippen molar-refractivity contribution in [3.05, 3.63) is 77.2 Å². The van der Waals surface area contributed by atoms with Crippen molar-refractivity contribution in [2.45, 2.75) is 45.4 Å². The normalized spacial score (nSPS) is 24.5. The molecule has 11 nitrogen and oxygen atoms in total. The van der Waals surface area contributed by atoms with Crippen molar-refractivity contribution < 1.29 is 22.7 Å². The van der Waals surface area contributed by atoms with E-state index >= 15 is 0 Å². The van der Waals surface area contributed by atoms with E-state index in [2.05, 4.69) is 31.7 Å². The van der Waals surface area contributed by atoms with Crippen molar-refractivity contribution in [1.82, 2.24) is 24.8 Å². The molecule has 4 aliphatic carbocycles. The second-order valence-electron chi connectivity index (χ2n) is 13.8. The number of hydrogen-bond acceptors (Lipinski definition) is 9. The van der Waals surface area contributed by atoms with E-state index in [0.717, 1.165) is 30.6 Å². The molecule has 48 heavy (non-hydrogen) atoms. The summed E-state index contributed by atoms with van der Waals surface area (Å²) < 4.78 is 34.0. The molecule has 5 fully saturated rings. The highest BCUT2D eigenvalue weighted by Crippen LogP contribution is 2.60. The summed E-state index contributed by atoms with van der Waals surface area (Å²) in [6.45, 7) is 4.48. The lowest BCUT2D eigenvalue weighted by molar-refractivity contribution is -0.0391. The number of aromatic nitrogens is 3. The number of piperazine rings is 1. The van der Waals surface area contributed by atoms with Crippen LogP contribution < -0.4 is 14.4 Å². The second-order valence-corrected chi connectivity index (χ2v) is 15.6. The Morgan fingerprint density at radius 3 is 2.29 bits per heavy atom. The first-order valence-corrected chi connectivity index (χ1v) is 18.4. The Morgan fingerprint density at radius 2 is 1.62 bits per heavy atom. The molecule has 4 saturated carbocycles. The molecule has 1 saturated heterocycles. The first-order valence-electron chi connectivity index (χ1n) is 16.8. The Hall–Kier alpha value is -4.50. The van der Waals surface area contributed by atoms with Crippen molar-refractivity contribution in [3.63, 3.8) is 0 Å². The van der Waals surface area contributed by atoms with E-state index in [-0.39, 0.29) is 22.8 Å². The summed E-state index contributed by atoms with van der Waals surface area (Å²) in [6, 6.07) is 12.5. The van der Waals surface area contributed by atoms with Crippen LogP contribution >= 0.6 is 0 Å². The lowest BCUT2D eigenvalue weighted by Gasteiger charge is -2.56. The van der Waals surface area contributed by atoms with Crippen LogP contribution in [0.1, 0.15) is 77.4 Å². The van der Waals surface area contributed by atoms with Gasteiger partial charge >= 0.3 is 0 Å². The number of nitrogens with one attached hydrogen (secondary N) is 1. The molecule has 1 N–H and O–H groups in total. The molecule has 1 aromatic carbocycles. The maximum absolute atomic E-state index is 13.3. The van der Waals surface area contributed by atoms with Crippen LogP contribution in [-0.2, 0) is 10.0 Å². The molecule has 12 heteroatoms. The third-order valence-corrected chi connectivity index (χ3v) is 11.7. The zero-order valence-electron chi connectivity index (χ0n) is 27.1. The number of rotatable bonds is 8. The zero-order valence-corrected chi connectivity index (χ0v) is 27.9. The van der Waals surface area contributed by atoms with Gasteiger partial charge in [-0.3, -0.25) is 14.6 Å². The topological polar surface area (TPSA) is 135 Å². The molecule has 250 valence electrons. The van der Waals surface area contributed by atoms with E-state index in [1.807, 2.05) is 36.1 Å². The summed E-state index contributed by atoms with van der Waals surface area (Å²) in [4.78, 5) is 34.2. The highest BCUT2D eigenvalue weighted by Gasteiger charge is 2.52. The fourth-order valence-corrected chi connectivity index (χ4v) is 10.3. The van der Waals surface area contributed by atoms with Gasteiger partial charge in [0.25, 0.3) is 11.8 Å². The van der Waals surface area contributed by atoms with Gasteiger partial charge in [0.05, 0.1) is 17.9 Å². The summed E-state index contributed by atoms with van der Waals surface area (Å²) in [5.41, 5.74) is 1.67. The molecule has 2 aromatic heterocycles. The van der Waals surface area contributed by atoms with E-state index in [1.54, 1.807) is 29.4 Å². The lowest BCUT2D eigenvalue weighted by atomic mass is 9.50. The Bertz CT molecular complexity index is 1830. The Morgan fingerprint density at radius 1 is 0.917 bits per heavy atom. The SMILES string of the molecule is CCOc1cccc(C#Cc2cncc(C(=O)N3CCN(c4ccc(C(=O)NS(=O)(=O)CC56CC7CC(CC(C7)C5)C6)nn4)CC3)c2)c1. The van der Waals surface area contributed by atoms with Gasteiger partial charge in [0.2, 0.25) is 10.0 Å². The van der Waals surface area contributed by atoms with Crippen LogP contribution in [0.3, 0.4) is 0 Å². The van der Waals surface area contributed by atoms with E-state index in [1.165, 1.54) is 25.3 Å². The van der Waals surface area contributed by atoms with Gasteiger partial charge in [0.1, 0.15) is 5.75 Å². The van der Waals surface area contributed by atoms with Gasteiger partial charge in [-0.1, -0.05) is 17.9 Å². The molecule has 3 aromatic rings. The average Bonchev–Trinajstić information content (AvgIpc) is 3.06. The minimum absolute atomic E-state index is 0.000909. The number of nitrogens with zero attached hydrogens (tertiary/aromatic N) is 5. The van der Waals surface area contributed by atoms with Gasteiger partial charge in [-0.2, -0.15) is 0 Å². The summed E-state index contributed by atoms with van der Waals surface area (Å²) in [7, 11) is -3.81. The van der Waals surface area contributed by atoms with Crippen molar-refractivity contribution >= 4 is 27.7 Å². The van der Waals surface area contributed by atoms with Gasteiger partial charge in [0.15, 0.2) is 11.5 Å². The molecule has 1 aliphatic heterocycles. The van der Waals surface area contributed by atoms with E-state index in [0.29, 0.717) is 67.5 Å². The third-order valence-electron chi connectivity index (χ3n) is 10.2. The number of anilines is 1. The molecular weight excluding hydrogens is 628 g/mol. The number of carbonyl (C=O) groups is 2. The van der Waals surface area contributed by atoms with Gasteiger partial charge in [-0.25, -0.2) is 13.1 Å². The monoisotopic (exact) mass is 668 g/mol. The fraction of sp³-hybridized carbons (Fsp3) is 0.472. The lowest BCUT2D eigenvalue weighted by Crippen LogP contribution is -2.51. The maximum atomic E-state index is 13.3. The number of benzene rings is 1. The van der Waals surface area contributed by atoms with Gasteiger partial charge < -0.3 is 14.5 Å². The fourth-order valence-electron chi connectivity index (χ4n) is 8.64. The van der Waals surface area contributed by atoms with Gasteiger partial charge in [-0.15, -0.1) is 10.2 Å². The number of sulfonamides is 1. The third kappa shape index (κ3) is 7.16. The van der Waals surface area contributed by atoms with E-state index in [9.17, 15) is 18.0 Å². The second kappa shape index (κ2) is 13.2. The molecule has 8 rings (SSSR count). The summed E-state index contributed by atoms with van der Waals surface area (Å²) in [6.07, 6.45) is 9.72. The summed E-state index contributed by atoms with van der Waals surface area (Å²) in [5.74, 6) is 8.51. The molecule has 2 amide bonds. The molecular formula is C36H40N6O5S. The number of ether oxygens (including phenoxy) is 1. The molecule has 5 aliphatic rings. The van der Waals surface area contributed by atoms with Crippen LogP contribution in [0, 0.1) is 35.0 Å². The maximum Gasteiger partial charge on any atom is 0.285 e. The van der Waals surface area contributed by atoms with E-state index in [4.69, 9.17) is 4.74 Å². The van der Waals surface area contributed by atoms with Crippen LogP contribution in [0.15, 0.2) is 54.9 Å². The average molecular weight is 669 g/mol. The predicted molar refractivity (Wildman–Crippen MR) is 180 cm³/mol. The summed E-state index contributed by atoms with van der Waals surface area (Å²) in [5, 5.41) is 8.27. The predicted octanol–water partition coefficient (Wildman–Crippen LogP) is 3.91. The van der Waals surface area contributed by atoms with Crippen LogP contribution in [0.5, 0.6) is 5.75 Å². The molecule has 0 atom stereocenters. The number of carbonyl (C=O) groups excluding carboxylic acids is 2. The minimum atomic E-state index is -3.81. The van der Waals surface area contributed by atoms with Gasteiger partial charge in [0, 0.05) is 49.7 Å². The van der Waals surface area contributed by atoms with E-state index < -0.39 is 15.9 Å².